The molecule has 4 nitrogen and oxygen atoms in total. The van der Waals surface area contributed by atoms with Crippen LogP contribution in [0.1, 0.15) is 45.3 Å². The van der Waals surface area contributed by atoms with Gasteiger partial charge in [0.05, 0.1) is 20.8 Å². The van der Waals surface area contributed by atoms with E-state index in [-0.39, 0.29) is 22.6 Å². The van der Waals surface area contributed by atoms with E-state index in [1.54, 1.807) is 12.1 Å². The summed E-state index contributed by atoms with van der Waals surface area (Å²) < 4.78 is 19.5. The van der Waals surface area contributed by atoms with Crippen molar-refractivity contribution in [2.45, 2.75) is 37.1 Å². The molecule has 2 unspecified atom stereocenters. The van der Waals surface area contributed by atoms with Crippen molar-refractivity contribution >= 4 is 44.1 Å². The molecule has 4 aromatic rings. The number of piperidine rings is 1. The molecule has 0 N–H and O–H groups in total. The Morgan fingerprint density at radius 2 is 2.00 bits per heavy atom. The van der Waals surface area contributed by atoms with Crippen LogP contribution in [0.5, 0.6) is 0 Å². The number of fused-ring (bicyclic) bond motifs is 1. The van der Waals surface area contributed by atoms with Gasteiger partial charge < -0.3 is 9.32 Å². The highest BCUT2D eigenvalue weighted by Crippen LogP contribution is 2.39. The van der Waals surface area contributed by atoms with Gasteiger partial charge in [-0.25, -0.2) is 9.37 Å². The number of halogens is 2. The molecule has 0 radical (unpaired) electrons. The lowest BCUT2D eigenvalue weighted by Gasteiger charge is -2.37. The first-order valence-electron chi connectivity index (χ1n) is 10.7. The monoisotopic (exact) mass is 512 g/mol. The Hall–Kier alpha value is -2.51. The molecule has 2 atom stereocenters. The SMILES string of the molecule is Cc1nc(C(=O)N2CCCCC2C(Br)c2cc3ccccc3o2)c(-c2ccc(F)cc2)s1. The molecule has 5 rings (SSSR count). The number of hydrogen-bond acceptors (Lipinski definition) is 4. The summed E-state index contributed by atoms with van der Waals surface area (Å²) in [5.74, 6) is 0.440. The van der Waals surface area contributed by atoms with Crippen molar-refractivity contribution in [3.05, 3.63) is 76.9 Å². The fourth-order valence-corrected chi connectivity index (χ4v) is 6.04. The van der Waals surface area contributed by atoms with Crippen LogP contribution in [0.3, 0.4) is 0 Å². The lowest BCUT2D eigenvalue weighted by atomic mass is 9.97. The fourth-order valence-electron chi connectivity index (χ4n) is 4.35. The fraction of sp³-hybridized carbons (Fsp3) is 0.280. The first-order chi connectivity index (χ1) is 15.5. The number of carbonyl (C=O) groups excluding carboxylic acids is 1. The minimum Gasteiger partial charge on any atom is -0.460 e. The molecule has 0 saturated carbocycles. The number of amides is 1. The van der Waals surface area contributed by atoms with E-state index in [0.29, 0.717) is 12.2 Å². The molecule has 1 amide bonds. The highest BCUT2D eigenvalue weighted by molar-refractivity contribution is 9.09. The minimum absolute atomic E-state index is 0.0418. The maximum absolute atomic E-state index is 13.7. The minimum atomic E-state index is -0.299. The van der Waals surface area contributed by atoms with E-state index in [1.165, 1.54) is 23.5 Å². The number of hydrogen-bond donors (Lipinski definition) is 0. The molecule has 1 saturated heterocycles. The highest BCUT2D eigenvalue weighted by atomic mass is 79.9. The van der Waals surface area contributed by atoms with Gasteiger partial charge in [0, 0.05) is 11.9 Å². The predicted octanol–water partition coefficient (Wildman–Crippen LogP) is 7.13. The maximum atomic E-state index is 13.7. The second-order valence-corrected chi connectivity index (χ2v) is 10.3. The number of likely N-dealkylation sites (tertiary alicyclic amines) is 1. The highest BCUT2D eigenvalue weighted by Gasteiger charge is 2.36. The quantitative estimate of drug-likeness (QED) is 0.273. The number of furan rings is 1. The lowest BCUT2D eigenvalue weighted by molar-refractivity contribution is 0.0601. The van der Waals surface area contributed by atoms with Crippen LogP contribution in [0.4, 0.5) is 4.39 Å². The summed E-state index contributed by atoms with van der Waals surface area (Å²) in [4.78, 5) is 20.9. The molecule has 164 valence electrons. The number of alkyl halides is 1. The number of nitrogens with zero attached hydrogens (tertiary/aromatic N) is 2. The van der Waals surface area contributed by atoms with E-state index in [1.807, 2.05) is 42.2 Å². The van der Waals surface area contributed by atoms with Crippen molar-refractivity contribution < 1.29 is 13.6 Å². The Bertz CT molecular complexity index is 1230. The van der Waals surface area contributed by atoms with E-state index in [2.05, 4.69) is 20.9 Å². The van der Waals surface area contributed by atoms with Gasteiger partial charge in [0.2, 0.25) is 0 Å². The Labute approximate surface area is 198 Å². The van der Waals surface area contributed by atoms with Crippen molar-refractivity contribution in [3.63, 3.8) is 0 Å². The lowest BCUT2D eigenvalue weighted by Crippen LogP contribution is -2.45. The van der Waals surface area contributed by atoms with Gasteiger partial charge in [0.25, 0.3) is 5.91 Å². The standard InChI is InChI=1S/C25H22BrFN2O2S/c1-15-28-23(24(32-15)16-9-11-18(27)12-10-16)25(30)29-13-5-4-7-19(29)22(26)21-14-17-6-2-3-8-20(17)31-21/h2-3,6,8-12,14,19,22H,4-5,7,13H2,1H3. The second kappa shape index (κ2) is 8.79. The van der Waals surface area contributed by atoms with Crippen LogP contribution in [-0.2, 0) is 0 Å². The molecule has 0 aliphatic carbocycles. The van der Waals surface area contributed by atoms with Crippen molar-refractivity contribution in [3.8, 4) is 10.4 Å². The zero-order valence-corrected chi connectivity index (χ0v) is 20.0. The number of aryl methyl sites for hydroxylation is 1. The van der Waals surface area contributed by atoms with Gasteiger partial charge in [-0.05, 0) is 56.0 Å². The van der Waals surface area contributed by atoms with Crippen molar-refractivity contribution in [1.29, 1.82) is 0 Å². The van der Waals surface area contributed by atoms with Crippen LogP contribution in [0.15, 0.2) is 59.0 Å². The first-order valence-corrected chi connectivity index (χ1v) is 12.4. The van der Waals surface area contributed by atoms with Crippen molar-refractivity contribution in [2.75, 3.05) is 6.54 Å². The largest absolute Gasteiger partial charge is 0.460 e. The Morgan fingerprint density at radius 1 is 1.22 bits per heavy atom. The molecule has 2 aromatic carbocycles. The van der Waals surface area contributed by atoms with Gasteiger partial charge in [-0.15, -0.1) is 11.3 Å². The van der Waals surface area contributed by atoms with Crippen molar-refractivity contribution in [1.82, 2.24) is 9.88 Å². The molecule has 1 aliphatic rings. The van der Waals surface area contributed by atoms with Crippen LogP contribution in [0.25, 0.3) is 21.4 Å². The third-order valence-electron chi connectivity index (χ3n) is 5.91. The molecule has 2 aromatic heterocycles. The molecule has 1 fully saturated rings. The zero-order valence-electron chi connectivity index (χ0n) is 17.6. The number of para-hydroxylation sites is 1. The summed E-state index contributed by atoms with van der Waals surface area (Å²) >= 11 is 5.30. The van der Waals surface area contributed by atoms with Gasteiger partial charge in [-0.2, -0.15) is 0 Å². The molecule has 32 heavy (non-hydrogen) atoms. The number of benzene rings is 2. The van der Waals surface area contributed by atoms with Gasteiger partial charge >= 0.3 is 0 Å². The summed E-state index contributed by atoms with van der Waals surface area (Å²) in [6.07, 6.45) is 2.89. The van der Waals surface area contributed by atoms with E-state index in [4.69, 9.17) is 4.42 Å². The van der Waals surface area contributed by atoms with Gasteiger partial charge in [0.1, 0.15) is 22.9 Å². The van der Waals surface area contributed by atoms with Gasteiger partial charge in [0.15, 0.2) is 0 Å². The third kappa shape index (κ3) is 3.99. The summed E-state index contributed by atoms with van der Waals surface area (Å²) in [7, 11) is 0. The van der Waals surface area contributed by atoms with E-state index in [0.717, 1.165) is 51.4 Å². The molecule has 0 bridgehead atoms. The Balaban J connectivity index is 1.47. The van der Waals surface area contributed by atoms with E-state index < -0.39 is 0 Å². The number of carbonyl (C=O) groups is 1. The molecule has 7 heteroatoms. The molecule has 0 spiro atoms. The van der Waals surface area contributed by atoms with Crippen LogP contribution < -0.4 is 0 Å². The summed E-state index contributed by atoms with van der Waals surface area (Å²) in [5.41, 5.74) is 2.09. The average molecular weight is 513 g/mol. The Morgan fingerprint density at radius 3 is 2.78 bits per heavy atom. The van der Waals surface area contributed by atoms with E-state index in [9.17, 15) is 9.18 Å². The summed E-state index contributed by atoms with van der Waals surface area (Å²) in [6.45, 7) is 2.56. The summed E-state index contributed by atoms with van der Waals surface area (Å²) in [5, 5.41) is 1.86. The molecule has 3 heterocycles. The van der Waals surface area contributed by atoms with Crippen LogP contribution >= 0.6 is 27.3 Å². The predicted molar refractivity (Wildman–Crippen MR) is 129 cm³/mol. The maximum Gasteiger partial charge on any atom is 0.274 e. The number of aromatic nitrogens is 1. The zero-order chi connectivity index (χ0) is 22.2. The topological polar surface area (TPSA) is 46.3 Å². The number of thiazole rings is 1. The number of rotatable bonds is 4. The van der Waals surface area contributed by atoms with Crippen LogP contribution in [-0.4, -0.2) is 28.4 Å². The molecule has 1 aliphatic heterocycles. The first kappa shape index (κ1) is 21.3. The smallest absolute Gasteiger partial charge is 0.274 e. The van der Waals surface area contributed by atoms with Gasteiger partial charge in [-0.1, -0.05) is 46.3 Å². The van der Waals surface area contributed by atoms with Crippen LogP contribution in [0.2, 0.25) is 0 Å². The normalized spacial score (nSPS) is 17.6. The van der Waals surface area contributed by atoms with E-state index >= 15 is 0 Å². The molecular formula is C25H22BrFN2O2S. The van der Waals surface area contributed by atoms with Crippen LogP contribution in [0, 0.1) is 12.7 Å². The molecular weight excluding hydrogens is 491 g/mol. The average Bonchev–Trinajstić information content (AvgIpc) is 3.42. The third-order valence-corrected chi connectivity index (χ3v) is 7.99. The second-order valence-electron chi connectivity index (χ2n) is 8.07. The Kier molecular flexibility index (Phi) is 5.86. The van der Waals surface area contributed by atoms with Crippen molar-refractivity contribution in [2.24, 2.45) is 0 Å². The summed E-state index contributed by atoms with van der Waals surface area (Å²) in [6, 6.07) is 16.2. The van der Waals surface area contributed by atoms with Gasteiger partial charge in [-0.3, -0.25) is 4.79 Å².